The molecule has 2 rings (SSSR count). The molecule has 1 saturated heterocycles. The van der Waals surface area contributed by atoms with E-state index in [4.69, 9.17) is 0 Å². The largest absolute Gasteiger partial charge is 0.355 e. The van der Waals surface area contributed by atoms with Gasteiger partial charge in [-0.15, -0.1) is 0 Å². The highest BCUT2D eigenvalue weighted by molar-refractivity contribution is 5.82. The van der Waals surface area contributed by atoms with E-state index < -0.39 is 0 Å². The topological polar surface area (TPSA) is 41.1 Å². The van der Waals surface area contributed by atoms with Crippen molar-refractivity contribution >= 4 is 5.91 Å². The molecule has 2 N–H and O–H groups in total. The van der Waals surface area contributed by atoms with Crippen LogP contribution in [0.5, 0.6) is 0 Å². The van der Waals surface area contributed by atoms with Crippen LogP contribution < -0.4 is 10.6 Å². The Morgan fingerprint density at radius 2 is 2.00 bits per heavy atom. The molecular weight excluding hydrogens is 224 g/mol. The first-order valence-corrected chi connectivity index (χ1v) is 7.49. The number of carbonyl (C=O) groups is 1. The fourth-order valence-corrected chi connectivity index (χ4v) is 3.21. The van der Waals surface area contributed by atoms with Crippen LogP contribution in [-0.4, -0.2) is 24.5 Å². The molecule has 0 aromatic rings. The van der Waals surface area contributed by atoms with Crippen LogP contribution in [0.3, 0.4) is 0 Å². The van der Waals surface area contributed by atoms with E-state index in [0.717, 1.165) is 25.3 Å². The Hall–Kier alpha value is -0.570. The molecule has 3 atom stereocenters. The SMILES string of the molecule is CC(C)(C)CCNC(=O)C1CC2CCCCC2N1. The normalized spacial score (nSPS) is 32.1. The monoisotopic (exact) mass is 252 g/mol. The van der Waals surface area contributed by atoms with Gasteiger partial charge in [0.25, 0.3) is 0 Å². The van der Waals surface area contributed by atoms with Gasteiger partial charge in [0.1, 0.15) is 0 Å². The van der Waals surface area contributed by atoms with Crippen LogP contribution in [0.25, 0.3) is 0 Å². The summed E-state index contributed by atoms with van der Waals surface area (Å²) >= 11 is 0. The molecule has 1 aliphatic heterocycles. The van der Waals surface area contributed by atoms with Crippen molar-refractivity contribution in [1.29, 1.82) is 0 Å². The summed E-state index contributed by atoms with van der Waals surface area (Å²) in [6.45, 7) is 7.43. The van der Waals surface area contributed by atoms with Crippen LogP contribution >= 0.6 is 0 Å². The first-order valence-electron chi connectivity index (χ1n) is 7.49. The summed E-state index contributed by atoms with van der Waals surface area (Å²) in [4.78, 5) is 12.1. The van der Waals surface area contributed by atoms with Gasteiger partial charge in [-0.2, -0.15) is 0 Å². The molecule has 3 nitrogen and oxygen atoms in total. The van der Waals surface area contributed by atoms with E-state index >= 15 is 0 Å². The molecule has 0 radical (unpaired) electrons. The lowest BCUT2D eigenvalue weighted by atomic mass is 9.85. The van der Waals surface area contributed by atoms with Gasteiger partial charge in [-0.3, -0.25) is 4.79 Å². The summed E-state index contributed by atoms with van der Waals surface area (Å²) in [5.74, 6) is 0.964. The molecule has 1 saturated carbocycles. The molecule has 1 aliphatic carbocycles. The van der Waals surface area contributed by atoms with E-state index in [2.05, 4.69) is 31.4 Å². The van der Waals surface area contributed by atoms with Crippen molar-refractivity contribution in [2.75, 3.05) is 6.54 Å². The molecule has 3 heteroatoms. The summed E-state index contributed by atoms with van der Waals surface area (Å²) < 4.78 is 0. The van der Waals surface area contributed by atoms with Gasteiger partial charge in [0.2, 0.25) is 5.91 Å². The summed E-state index contributed by atoms with van der Waals surface area (Å²) in [6, 6.07) is 0.676. The van der Waals surface area contributed by atoms with Gasteiger partial charge >= 0.3 is 0 Å². The molecule has 104 valence electrons. The predicted molar refractivity (Wildman–Crippen MR) is 74.4 cm³/mol. The highest BCUT2D eigenvalue weighted by Gasteiger charge is 2.37. The van der Waals surface area contributed by atoms with Gasteiger partial charge in [0.15, 0.2) is 0 Å². The average molecular weight is 252 g/mol. The predicted octanol–water partition coefficient (Wildman–Crippen LogP) is 2.46. The minimum atomic E-state index is 0.0677. The van der Waals surface area contributed by atoms with Crippen LogP contribution in [0.15, 0.2) is 0 Å². The maximum absolute atomic E-state index is 12.1. The molecule has 0 spiro atoms. The maximum atomic E-state index is 12.1. The van der Waals surface area contributed by atoms with Crippen LogP contribution in [-0.2, 0) is 4.79 Å². The van der Waals surface area contributed by atoms with Crippen molar-refractivity contribution in [2.45, 2.75) is 71.4 Å². The van der Waals surface area contributed by atoms with Gasteiger partial charge in [-0.05, 0) is 37.0 Å². The number of fused-ring (bicyclic) bond motifs is 1. The Morgan fingerprint density at radius 1 is 1.28 bits per heavy atom. The average Bonchev–Trinajstić information content (AvgIpc) is 2.70. The van der Waals surface area contributed by atoms with E-state index in [9.17, 15) is 4.79 Å². The quantitative estimate of drug-likeness (QED) is 0.810. The second-order valence-corrected chi connectivity index (χ2v) is 7.21. The Bertz CT molecular complexity index is 281. The second-order valence-electron chi connectivity index (χ2n) is 7.21. The van der Waals surface area contributed by atoms with E-state index in [1.54, 1.807) is 0 Å². The third kappa shape index (κ3) is 3.71. The molecule has 0 aromatic heterocycles. The number of nitrogens with one attached hydrogen (secondary N) is 2. The zero-order chi connectivity index (χ0) is 13.2. The lowest BCUT2D eigenvalue weighted by Crippen LogP contribution is -2.43. The van der Waals surface area contributed by atoms with Crippen molar-refractivity contribution in [3.63, 3.8) is 0 Å². The Balaban J connectivity index is 1.73. The van der Waals surface area contributed by atoms with Crippen molar-refractivity contribution < 1.29 is 4.79 Å². The molecular formula is C15H28N2O. The van der Waals surface area contributed by atoms with Crippen LogP contribution in [0, 0.1) is 11.3 Å². The van der Waals surface area contributed by atoms with Crippen molar-refractivity contribution in [3.8, 4) is 0 Å². The summed E-state index contributed by atoms with van der Waals surface area (Å²) in [7, 11) is 0. The third-order valence-corrected chi connectivity index (χ3v) is 4.35. The number of hydrogen-bond donors (Lipinski definition) is 2. The van der Waals surface area contributed by atoms with Gasteiger partial charge in [-0.1, -0.05) is 33.6 Å². The standard InChI is InChI=1S/C15H28N2O/c1-15(2,3)8-9-16-14(18)13-10-11-6-4-5-7-12(11)17-13/h11-13,17H,4-10H2,1-3H3,(H,16,18). The molecule has 0 aromatic carbocycles. The first kappa shape index (κ1) is 13.9. The van der Waals surface area contributed by atoms with E-state index in [0.29, 0.717) is 11.5 Å². The number of carbonyl (C=O) groups excluding carboxylic acids is 1. The third-order valence-electron chi connectivity index (χ3n) is 4.35. The zero-order valence-electron chi connectivity index (χ0n) is 12.1. The fourth-order valence-electron chi connectivity index (χ4n) is 3.21. The minimum Gasteiger partial charge on any atom is -0.355 e. The highest BCUT2D eigenvalue weighted by atomic mass is 16.2. The van der Waals surface area contributed by atoms with Crippen LogP contribution in [0.2, 0.25) is 0 Å². The molecule has 3 unspecified atom stereocenters. The van der Waals surface area contributed by atoms with Gasteiger partial charge in [0, 0.05) is 12.6 Å². The van der Waals surface area contributed by atoms with Gasteiger partial charge < -0.3 is 10.6 Å². The molecule has 2 fully saturated rings. The number of amides is 1. The van der Waals surface area contributed by atoms with Crippen LogP contribution in [0.1, 0.15) is 59.3 Å². The molecule has 18 heavy (non-hydrogen) atoms. The summed E-state index contributed by atoms with van der Waals surface area (Å²) in [6.07, 6.45) is 7.33. The highest BCUT2D eigenvalue weighted by Crippen LogP contribution is 2.33. The fraction of sp³-hybridized carbons (Fsp3) is 0.933. The van der Waals surface area contributed by atoms with Crippen molar-refractivity contribution in [1.82, 2.24) is 10.6 Å². The van der Waals surface area contributed by atoms with Gasteiger partial charge in [0.05, 0.1) is 6.04 Å². The Morgan fingerprint density at radius 3 is 2.67 bits per heavy atom. The van der Waals surface area contributed by atoms with Crippen molar-refractivity contribution in [3.05, 3.63) is 0 Å². The summed E-state index contributed by atoms with van der Waals surface area (Å²) in [5, 5.41) is 6.62. The minimum absolute atomic E-state index is 0.0677. The molecule has 2 aliphatic rings. The lowest BCUT2D eigenvalue weighted by Gasteiger charge is -2.24. The molecule has 1 amide bonds. The molecule has 0 bridgehead atoms. The number of rotatable bonds is 3. The van der Waals surface area contributed by atoms with Crippen LogP contribution in [0.4, 0.5) is 0 Å². The number of hydrogen-bond acceptors (Lipinski definition) is 2. The maximum Gasteiger partial charge on any atom is 0.237 e. The van der Waals surface area contributed by atoms with E-state index in [-0.39, 0.29) is 11.9 Å². The Labute approximate surface area is 111 Å². The first-order chi connectivity index (χ1) is 8.46. The summed E-state index contributed by atoms with van der Waals surface area (Å²) in [5.41, 5.74) is 0.296. The van der Waals surface area contributed by atoms with Gasteiger partial charge in [-0.25, -0.2) is 0 Å². The van der Waals surface area contributed by atoms with E-state index in [1.165, 1.54) is 25.7 Å². The Kier molecular flexibility index (Phi) is 4.31. The lowest BCUT2D eigenvalue weighted by molar-refractivity contribution is -0.122. The second kappa shape index (κ2) is 5.60. The smallest absolute Gasteiger partial charge is 0.237 e. The molecule has 1 heterocycles. The zero-order valence-corrected chi connectivity index (χ0v) is 12.1. The van der Waals surface area contributed by atoms with Crippen molar-refractivity contribution in [2.24, 2.45) is 11.3 Å². The van der Waals surface area contributed by atoms with E-state index in [1.807, 2.05) is 0 Å².